The standard InChI is InChI=1S/C27H40O4/c1-2-3-4-5-6-7-8-14-21-30-26(28)24-19-12-13-20-25(24)27(29)31-22-15-18-23-16-10-9-11-17-23/h9-13,16-17,24-25H,2-8,14-15,18-22H2,1H3. The molecule has 172 valence electrons. The molecule has 0 bridgehead atoms. The van der Waals surface area contributed by atoms with Crippen molar-refractivity contribution in [3.05, 3.63) is 48.0 Å². The smallest absolute Gasteiger partial charge is 0.310 e. The van der Waals surface area contributed by atoms with Crippen molar-refractivity contribution in [2.75, 3.05) is 13.2 Å². The highest BCUT2D eigenvalue weighted by atomic mass is 16.5. The van der Waals surface area contributed by atoms with Crippen molar-refractivity contribution in [1.82, 2.24) is 0 Å². The Morgan fingerprint density at radius 2 is 1.26 bits per heavy atom. The number of carbonyl (C=O) groups is 2. The molecule has 1 aromatic carbocycles. The van der Waals surface area contributed by atoms with Crippen LogP contribution in [0, 0.1) is 11.8 Å². The first-order valence-electron chi connectivity index (χ1n) is 12.2. The van der Waals surface area contributed by atoms with Crippen molar-refractivity contribution in [2.24, 2.45) is 11.8 Å². The van der Waals surface area contributed by atoms with Gasteiger partial charge in [0, 0.05) is 0 Å². The highest BCUT2D eigenvalue weighted by Crippen LogP contribution is 2.28. The average molecular weight is 429 g/mol. The largest absolute Gasteiger partial charge is 0.465 e. The Balaban J connectivity index is 1.62. The molecule has 2 rings (SSSR count). The Hall–Kier alpha value is -2.10. The fraction of sp³-hybridized carbons (Fsp3) is 0.630. The van der Waals surface area contributed by atoms with Crippen LogP contribution >= 0.6 is 0 Å². The maximum atomic E-state index is 12.6. The number of esters is 2. The summed E-state index contributed by atoms with van der Waals surface area (Å²) in [5.74, 6) is -1.36. The average Bonchev–Trinajstić information content (AvgIpc) is 2.81. The van der Waals surface area contributed by atoms with Gasteiger partial charge in [0.25, 0.3) is 0 Å². The van der Waals surface area contributed by atoms with Crippen molar-refractivity contribution in [3.63, 3.8) is 0 Å². The van der Waals surface area contributed by atoms with Gasteiger partial charge in [0.15, 0.2) is 0 Å². The lowest BCUT2D eigenvalue weighted by Gasteiger charge is -2.25. The molecule has 0 spiro atoms. The molecule has 0 aromatic heterocycles. The van der Waals surface area contributed by atoms with Crippen LogP contribution in [0.1, 0.15) is 83.1 Å². The molecule has 0 saturated heterocycles. The van der Waals surface area contributed by atoms with E-state index >= 15 is 0 Å². The Morgan fingerprint density at radius 3 is 1.84 bits per heavy atom. The van der Waals surface area contributed by atoms with E-state index in [1.165, 1.54) is 44.1 Å². The monoisotopic (exact) mass is 428 g/mol. The van der Waals surface area contributed by atoms with Crippen LogP contribution in [0.4, 0.5) is 0 Å². The van der Waals surface area contributed by atoms with Crippen molar-refractivity contribution in [3.8, 4) is 0 Å². The fourth-order valence-corrected chi connectivity index (χ4v) is 4.05. The number of allylic oxidation sites excluding steroid dienone is 2. The quantitative estimate of drug-likeness (QED) is 0.183. The number of benzene rings is 1. The number of aryl methyl sites for hydroxylation is 1. The van der Waals surface area contributed by atoms with Gasteiger partial charge in [-0.15, -0.1) is 0 Å². The number of carbonyl (C=O) groups excluding carboxylic acids is 2. The molecule has 1 aliphatic rings. The molecule has 2 unspecified atom stereocenters. The van der Waals surface area contributed by atoms with Gasteiger partial charge in [-0.05, 0) is 37.7 Å². The lowest BCUT2D eigenvalue weighted by molar-refractivity contribution is -0.161. The molecular formula is C27H40O4. The highest BCUT2D eigenvalue weighted by molar-refractivity contribution is 5.82. The lowest BCUT2D eigenvalue weighted by atomic mass is 9.83. The van der Waals surface area contributed by atoms with E-state index in [-0.39, 0.29) is 11.9 Å². The van der Waals surface area contributed by atoms with Crippen molar-refractivity contribution in [1.29, 1.82) is 0 Å². The summed E-state index contributed by atoms with van der Waals surface area (Å²) in [6, 6.07) is 10.2. The fourth-order valence-electron chi connectivity index (χ4n) is 4.05. The molecule has 2 atom stereocenters. The van der Waals surface area contributed by atoms with E-state index in [1.807, 2.05) is 30.4 Å². The molecule has 1 aromatic rings. The lowest BCUT2D eigenvalue weighted by Crippen LogP contribution is -2.34. The Bertz CT molecular complexity index is 652. The van der Waals surface area contributed by atoms with Gasteiger partial charge in [0.05, 0.1) is 25.0 Å². The minimum Gasteiger partial charge on any atom is -0.465 e. The predicted molar refractivity (Wildman–Crippen MR) is 125 cm³/mol. The zero-order valence-corrected chi connectivity index (χ0v) is 19.2. The van der Waals surface area contributed by atoms with Crippen LogP contribution < -0.4 is 0 Å². The Morgan fingerprint density at radius 1 is 0.742 bits per heavy atom. The number of unbranched alkanes of at least 4 members (excludes halogenated alkanes) is 7. The maximum Gasteiger partial charge on any atom is 0.310 e. The molecule has 0 saturated carbocycles. The predicted octanol–water partition coefficient (Wildman–Crippen LogP) is 6.43. The number of hydrogen-bond donors (Lipinski definition) is 0. The van der Waals surface area contributed by atoms with Gasteiger partial charge in [0.1, 0.15) is 0 Å². The Labute approximate surface area is 188 Å². The molecule has 0 radical (unpaired) electrons. The van der Waals surface area contributed by atoms with Crippen molar-refractivity contribution in [2.45, 2.75) is 84.0 Å². The van der Waals surface area contributed by atoms with Crippen LogP contribution in [0.5, 0.6) is 0 Å². The third kappa shape index (κ3) is 10.2. The molecule has 0 heterocycles. The zero-order chi connectivity index (χ0) is 22.2. The summed E-state index contributed by atoms with van der Waals surface area (Å²) in [6.45, 7) is 3.06. The van der Waals surface area contributed by atoms with E-state index < -0.39 is 11.8 Å². The Kier molecular flexibility index (Phi) is 12.7. The molecule has 0 amide bonds. The molecule has 31 heavy (non-hydrogen) atoms. The normalized spacial score (nSPS) is 18.0. The molecule has 4 nitrogen and oxygen atoms in total. The maximum absolute atomic E-state index is 12.6. The van der Waals surface area contributed by atoms with Crippen LogP contribution in [-0.4, -0.2) is 25.2 Å². The second-order valence-corrected chi connectivity index (χ2v) is 8.55. The van der Waals surface area contributed by atoms with Gasteiger partial charge in [-0.1, -0.05) is 94.4 Å². The zero-order valence-electron chi connectivity index (χ0n) is 19.2. The number of hydrogen-bond acceptors (Lipinski definition) is 4. The minimum absolute atomic E-state index is 0.251. The summed E-state index contributed by atoms with van der Waals surface area (Å²) in [5, 5.41) is 0. The third-order valence-electron chi connectivity index (χ3n) is 5.98. The summed E-state index contributed by atoms with van der Waals surface area (Å²) in [6.07, 6.45) is 16.4. The first-order valence-corrected chi connectivity index (χ1v) is 12.2. The van der Waals surface area contributed by atoms with Crippen LogP contribution in [0.25, 0.3) is 0 Å². The van der Waals surface area contributed by atoms with E-state index in [0.29, 0.717) is 26.1 Å². The molecule has 4 heteroatoms. The van der Waals surface area contributed by atoms with Crippen LogP contribution in [-0.2, 0) is 25.5 Å². The molecule has 0 fully saturated rings. The van der Waals surface area contributed by atoms with Crippen LogP contribution in [0.3, 0.4) is 0 Å². The summed E-state index contributed by atoms with van der Waals surface area (Å²) < 4.78 is 11.0. The summed E-state index contributed by atoms with van der Waals surface area (Å²) in [7, 11) is 0. The topological polar surface area (TPSA) is 52.6 Å². The van der Waals surface area contributed by atoms with Gasteiger partial charge in [-0.3, -0.25) is 9.59 Å². The second-order valence-electron chi connectivity index (χ2n) is 8.55. The molecular weight excluding hydrogens is 388 g/mol. The second kappa shape index (κ2) is 15.7. The third-order valence-corrected chi connectivity index (χ3v) is 5.98. The van der Waals surface area contributed by atoms with E-state index in [0.717, 1.165) is 25.7 Å². The SMILES string of the molecule is CCCCCCCCCCOC(=O)C1CC=CCC1C(=O)OCCCc1ccccc1. The van der Waals surface area contributed by atoms with Crippen molar-refractivity contribution < 1.29 is 19.1 Å². The van der Waals surface area contributed by atoms with E-state index in [4.69, 9.17) is 9.47 Å². The summed E-state index contributed by atoms with van der Waals surface area (Å²) in [5.41, 5.74) is 1.24. The van der Waals surface area contributed by atoms with Crippen LogP contribution in [0.15, 0.2) is 42.5 Å². The van der Waals surface area contributed by atoms with Crippen molar-refractivity contribution >= 4 is 11.9 Å². The van der Waals surface area contributed by atoms with E-state index in [2.05, 4.69) is 19.1 Å². The summed E-state index contributed by atoms with van der Waals surface area (Å²) in [4.78, 5) is 25.2. The highest BCUT2D eigenvalue weighted by Gasteiger charge is 2.36. The first-order chi connectivity index (χ1) is 15.2. The molecule has 0 aliphatic heterocycles. The van der Waals surface area contributed by atoms with Gasteiger partial charge in [-0.2, -0.15) is 0 Å². The number of ether oxygens (including phenoxy) is 2. The van der Waals surface area contributed by atoms with E-state index in [9.17, 15) is 9.59 Å². The molecule has 0 N–H and O–H groups in total. The van der Waals surface area contributed by atoms with Gasteiger partial charge in [-0.25, -0.2) is 0 Å². The number of rotatable bonds is 15. The van der Waals surface area contributed by atoms with Gasteiger partial charge >= 0.3 is 11.9 Å². The summed E-state index contributed by atoms with van der Waals surface area (Å²) >= 11 is 0. The van der Waals surface area contributed by atoms with E-state index in [1.54, 1.807) is 0 Å². The first kappa shape index (κ1) is 25.2. The van der Waals surface area contributed by atoms with Gasteiger partial charge < -0.3 is 9.47 Å². The minimum atomic E-state index is -0.423. The molecule has 1 aliphatic carbocycles. The van der Waals surface area contributed by atoms with Gasteiger partial charge in [0.2, 0.25) is 0 Å². The van der Waals surface area contributed by atoms with Crippen LogP contribution in [0.2, 0.25) is 0 Å².